The molecule has 2 heterocycles. The number of carbonyl (C=O) groups excluding carboxylic acids is 1. The Morgan fingerprint density at radius 1 is 1.43 bits per heavy atom. The molecule has 1 aliphatic heterocycles. The average Bonchev–Trinajstić information content (AvgIpc) is 2.85. The van der Waals surface area contributed by atoms with Crippen molar-refractivity contribution in [2.45, 2.75) is 19.9 Å². The van der Waals surface area contributed by atoms with Crippen LogP contribution in [0.5, 0.6) is 5.88 Å². The van der Waals surface area contributed by atoms with Gasteiger partial charge < -0.3 is 5.11 Å². The summed E-state index contributed by atoms with van der Waals surface area (Å²) >= 11 is 9.92. The summed E-state index contributed by atoms with van der Waals surface area (Å²) in [5.41, 5.74) is 0.416. The van der Waals surface area contributed by atoms with Crippen LogP contribution in [0.4, 0.5) is 0 Å². The van der Waals surface area contributed by atoms with Gasteiger partial charge >= 0.3 is 0 Å². The van der Waals surface area contributed by atoms with Crippen molar-refractivity contribution in [1.82, 2.24) is 4.57 Å². The number of halogens is 1. The zero-order valence-corrected chi connectivity index (χ0v) is 14.5. The summed E-state index contributed by atoms with van der Waals surface area (Å²) in [6.45, 7) is 3.87. The number of aromatic hydroxyl groups is 1. The van der Waals surface area contributed by atoms with Crippen LogP contribution in [-0.4, -0.2) is 15.6 Å². The van der Waals surface area contributed by atoms with E-state index >= 15 is 0 Å². The van der Waals surface area contributed by atoms with Crippen LogP contribution in [0.25, 0.3) is 5.57 Å². The Morgan fingerprint density at radius 2 is 2.14 bits per heavy atom. The average molecular weight is 383 g/mol. The van der Waals surface area contributed by atoms with E-state index in [9.17, 15) is 9.90 Å². The first kappa shape index (κ1) is 14.6. The van der Waals surface area contributed by atoms with Crippen molar-refractivity contribution in [2.75, 3.05) is 0 Å². The molecule has 0 unspecified atom stereocenters. The van der Waals surface area contributed by atoms with Crippen LogP contribution in [0.2, 0.25) is 0 Å². The van der Waals surface area contributed by atoms with E-state index in [0.717, 1.165) is 9.69 Å². The monoisotopic (exact) mass is 382 g/mol. The number of fused-ring (bicyclic) bond motifs is 1. The van der Waals surface area contributed by atoms with Crippen molar-refractivity contribution in [1.29, 1.82) is 0 Å². The third-order valence-corrected chi connectivity index (χ3v) is 5.13. The molecule has 1 N–H and O–H groups in total. The lowest BCUT2D eigenvalue weighted by atomic mass is 10.1. The highest BCUT2D eigenvalue weighted by atomic mass is 79.9. The highest BCUT2D eigenvalue weighted by molar-refractivity contribution is 9.10. The second-order valence-corrected chi connectivity index (χ2v) is 7.50. The second-order valence-electron chi connectivity index (χ2n) is 4.94. The first-order valence-electron chi connectivity index (χ1n) is 6.27. The van der Waals surface area contributed by atoms with Crippen LogP contribution >= 0.6 is 39.5 Å². The SMILES string of the molecule is CC(C)n1c(O)c(C2=c3cc(Br)ccc3=NC2=O)sc1=S. The van der Waals surface area contributed by atoms with Crippen LogP contribution in [-0.2, 0) is 4.79 Å². The zero-order valence-electron chi connectivity index (χ0n) is 11.3. The molecule has 108 valence electrons. The van der Waals surface area contributed by atoms with Gasteiger partial charge in [-0.25, -0.2) is 4.99 Å². The number of benzene rings is 1. The molecule has 2 aromatic rings. The summed E-state index contributed by atoms with van der Waals surface area (Å²) in [7, 11) is 0. The quantitative estimate of drug-likeness (QED) is 0.812. The van der Waals surface area contributed by atoms with Crippen LogP contribution in [0.3, 0.4) is 0 Å². The number of carbonyl (C=O) groups is 1. The molecule has 1 aromatic carbocycles. The normalized spacial score (nSPS) is 13.7. The lowest BCUT2D eigenvalue weighted by molar-refractivity contribution is -0.112. The molecule has 1 aromatic heterocycles. The van der Waals surface area contributed by atoms with Gasteiger partial charge in [-0.15, -0.1) is 11.3 Å². The van der Waals surface area contributed by atoms with E-state index in [2.05, 4.69) is 20.9 Å². The summed E-state index contributed by atoms with van der Waals surface area (Å²) < 4.78 is 3.04. The third kappa shape index (κ3) is 2.29. The van der Waals surface area contributed by atoms with Crippen molar-refractivity contribution >= 4 is 51.0 Å². The molecule has 0 spiro atoms. The van der Waals surface area contributed by atoms with E-state index in [1.54, 1.807) is 10.6 Å². The minimum Gasteiger partial charge on any atom is -0.493 e. The Hall–Kier alpha value is -1.31. The molecule has 0 fully saturated rings. The van der Waals surface area contributed by atoms with Gasteiger partial charge in [0.15, 0.2) is 3.95 Å². The van der Waals surface area contributed by atoms with Crippen molar-refractivity contribution < 1.29 is 9.90 Å². The van der Waals surface area contributed by atoms with E-state index in [1.165, 1.54) is 11.3 Å². The number of thiazole rings is 1. The van der Waals surface area contributed by atoms with E-state index in [-0.39, 0.29) is 17.8 Å². The van der Waals surface area contributed by atoms with Gasteiger partial charge in [-0.1, -0.05) is 15.9 Å². The number of nitrogens with zero attached hydrogens (tertiary/aromatic N) is 2. The third-order valence-electron chi connectivity index (χ3n) is 3.22. The summed E-state index contributed by atoms with van der Waals surface area (Å²) in [6, 6.07) is 5.47. The Balaban J connectivity index is 2.39. The molecule has 7 heteroatoms. The maximum atomic E-state index is 12.2. The number of amides is 1. The summed E-state index contributed by atoms with van der Waals surface area (Å²) in [5, 5.41) is 11.8. The fraction of sp³-hybridized carbons (Fsp3) is 0.214. The highest BCUT2D eigenvalue weighted by Crippen LogP contribution is 2.34. The fourth-order valence-electron chi connectivity index (χ4n) is 2.30. The molecule has 0 aliphatic carbocycles. The maximum Gasteiger partial charge on any atom is 0.279 e. The lowest BCUT2D eigenvalue weighted by Gasteiger charge is -2.08. The molecule has 0 bridgehead atoms. The largest absolute Gasteiger partial charge is 0.493 e. The molecular weight excluding hydrogens is 372 g/mol. The Labute approximate surface area is 138 Å². The van der Waals surface area contributed by atoms with Crippen molar-refractivity contribution in [3.8, 4) is 5.88 Å². The lowest BCUT2D eigenvalue weighted by Crippen LogP contribution is -2.22. The second kappa shape index (κ2) is 5.15. The smallest absolute Gasteiger partial charge is 0.279 e. The van der Waals surface area contributed by atoms with Gasteiger partial charge in [-0.3, -0.25) is 9.36 Å². The molecule has 0 radical (unpaired) electrons. The van der Waals surface area contributed by atoms with E-state index in [0.29, 0.717) is 19.8 Å². The molecular formula is C14H11BrN2O2S2. The van der Waals surface area contributed by atoms with Gasteiger partial charge in [-0.2, -0.15) is 0 Å². The van der Waals surface area contributed by atoms with Crippen LogP contribution < -0.4 is 10.6 Å². The number of hydrogen-bond donors (Lipinski definition) is 1. The fourth-order valence-corrected chi connectivity index (χ4v) is 4.27. The Bertz CT molecular complexity index is 941. The molecule has 4 nitrogen and oxygen atoms in total. The van der Waals surface area contributed by atoms with Crippen molar-refractivity contribution in [3.63, 3.8) is 0 Å². The van der Waals surface area contributed by atoms with Gasteiger partial charge in [0.05, 0.1) is 10.9 Å². The zero-order chi connectivity index (χ0) is 15.3. The molecule has 0 saturated heterocycles. The molecule has 21 heavy (non-hydrogen) atoms. The first-order chi connectivity index (χ1) is 9.90. The Kier molecular flexibility index (Phi) is 3.59. The van der Waals surface area contributed by atoms with Crippen molar-refractivity contribution in [3.05, 3.63) is 42.1 Å². The van der Waals surface area contributed by atoms with Crippen molar-refractivity contribution in [2.24, 2.45) is 4.99 Å². The number of rotatable bonds is 2. The molecule has 3 rings (SSSR count). The summed E-state index contributed by atoms with van der Waals surface area (Å²) in [4.78, 5) is 16.7. The van der Waals surface area contributed by atoms with Gasteiger partial charge in [0.1, 0.15) is 4.88 Å². The van der Waals surface area contributed by atoms with Crippen LogP contribution in [0.15, 0.2) is 27.7 Å². The van der Waals surface area contributed by atoms with Crippen LogP contribution in [0, 0.1) is 3.95 Å². The van der Waals surface area contributed by atoms with Gasteiger partial charge in [0.25, 0.3) is 5.91 Å². The van der Waals surface area contributed by atoms with Crippen LogP contribution in [0.1, 0.15) is 24.8 Å². The topological polar surface area (TPSA) is 54.6 Å². The minimum absolute atomic E-state index is 0.0264. The molecule has 1 aliphatic rings. The number of aromatic nitrogens is 1. The van der Waals surface area contributed by atoms with Gasteiger partial charge in [0.2, 0.25) is 5.88 Å². The molecule has 0 saturated carbocycles. The first-order valence-corrected chi connectivity index (χ1v) is 8.29. The molecule has 1 amide bonds. The minimum atomic E-state index is -0.342. The van der Waals surface area contributed by atoms with E-state index in [1.807, 2.05) is 26.0 Å². The predicted molar refractivity (Wildman–Crippen MR) is 87.6 cm³/mol. The predicted octanol–water partition coefficient (Wildman–Crippen LogP) is 2.69. The van der Waals surface area contributed by atoms with E-state index in [4.69, 9.17) is 12.2 Å². The van der Waals surface area contributed by atoms with E-state index < -0.39 is 0 Å². The van der Waals surface area contributed by atoms with Gasteiger partial charge in [0, 0.05) is 15.7 Å². The summed E-state index contributed by atoms with van der Waals surface area (Å²) in [6.07, 6.45) is 0. The summed E-state index contributed by atoms with van der Waals surface area (Å²) in [5.74, 6) is -0.308. The molecule has 0 atom stereocenters. The highest BCUT2D eigenvalue weighted by Gasteiger charge is 2.25. The Morgan fingerprint density at radius 3 is 2.76 bits per heavy atom. The van der Waals surface area contributed by atoms with Gasteiger partial charge in [-0.05, 0) is 44.3 Å². The standard InChI is InChI=1S/C14H11BrN2O2S2/c1-6(2)17-13(19)11(21-14(17)20)10-8-5-7(15)3-4-9(8)16-12(10)18/h3-6,19H,1-2H3. The number of hydrogen-bond acceptors (Lipinski definition) is 4. The maximum absolute atomic E-state index is 12.2.